The second-order valence-electron chi connectivity index (χ2n) is 11.5. The molecule has 9 rings (SSSR count). The van der Waals surface area contributed by atoms with Crippen LogP contribution in [0.5, 0.6) is 0 Å². The van der Waals surface area contributed by atoms with Crippen LogP contribution in [0.4, 0.5) is 0 Å². The van der Waals surface area contributed by atoms with Crippen LogP contribution in [0.3, 0.4) is 0 Å². The van der Waals surface area contributed by atoms with Crippen molar-refractivity contribution in [1.82, 2.24) is 19.9 Å². The third kappa shape index (κ3) is 4.66. The van der Waals surface area contributed by atoms with Crippen molar-refractivity contribution < 1.29 is 0 Å². The molecule has 8 aromatic rings. The van der Waals surface area contributed by atoms with Gasteiger partial charge in [-0.1, -0.05) is 103 Å². The van der Waals surface area contributed by atoms with Crippen molar-refractivity contribution in [3.05, 3.63) is 157 Å². The second kappa shape index (κ2) is 11.6. The van der Waals surface area contributed by atoms with Gasteiger partial charge < -0.3 is 5.32 Å². The van der Waals surface area contributed by atoms with Gasteiger partial charge in [0.2, 0.25) is 0 Å². The van der Waals surface area contributed by atoms with Gasteiger partial charge in [0.25, 0.3) is 0 Å². The van der Waals surface area contributed by atoms with Crippen molar-refractivity contribution >= 4 is 62.5 Å². The molecule has 0 saturated heterocycles. The summed E-state index contributed by atoms with van der Waals surface area (Å²) >= 11 is 0. The summed E-state index contributed by atoms with van der Waals surface area (Å²) < 4.78 is 2.26. The van der Waals surface area contributed by atoms with Crippen molar-refractivity contribution in [3.8, 4) is 39.6 Å². The first-order valence-corrected chi connectivity index (χ1v) is 15.3. The summed E-state index contributed by atoms with van der Waals surface area (Å²) in [5.74, 6) is 0.885. The predicted octanol–water partition coefficient (Wildman–Crippen LogP) is 10.4. The van der Waals surface area contributed by atoms with Crippen LogP contribution in [0.1, 0.15) is 11.3 Å². The summed E-state index contributed by atoms with van der Waals surface area (Å²) in [5.41, 5.74) is 9.77. The van der Waals surface area contributed by atoms with Gasteiger partial charge >= 0.3 is 0 Å². The number of nitrogens with zero attached hydrogens (tertiary/aromatic N) is 3. The lowest BCUT2D eigenvalue weighted by atomic mass is 9.91. The highest BCUT2D eigenvalue weighted by molar-refractivity contribution is 14.0. The normalized spacial score (nSPS) is 12.2. The number of aromatic nitrogens is 3. The molecule has 1 aliphatic heterocycles. The van der Waals surface area contributed by atoms with Crippen molar-refractivity contribution in [3.63, 3.8) is 0 Å². The summed E-state index contributed by atoms with van der Waals surface area (Å²) in [6.45, 7) is 0.804. The molecule has 0 radical (unpaired) electrons. The van der Waals surface area contributed by atoms with Gasteiger partial charge in [-0.05, 0) is 81.3 Å². The number of halogens is 1. The number of hydrogen-bond donors (Lipinski definition) is 1. The number of pyridine rings is 2. The number of hydrogen-bond acceptors (Lipinski definition) is 3. The zero-order valence-corrected chi connectivity index (χ0v) is 27.2. The van der Waals surface area contributed by atoms with E-state index in [4.69, 9.17) is 9.97 Å². The molecule has 3 aromatic heterocycles. The smallest absolute Gasteiger partial charge is 0.138 e. The zero-order chi connectivity index (χ0) is 29.7. The van der Waals surface area contributed by atoms with Crippen LogP contribution in [-0.2, 0) is 6.54 Å². The molecule has 0 amide bonds. The molecule has 5 aromatic carbocycles. The lowest BCUT2D eigenvalue weighted by Crippen LogP contribution is -2.11. The quantitative estimate of drug-likeness (QED) is 0.147. The maximum Gasteiger partial charge on any atom is 0.138 e. The number of para-hydroxylation sites is 1. The van der Waals surface area contributed by atoms with E-state index in [-0.39, 0.29) is 24.0 Å². The Morgan fingerprint density at radius 2 is 1.15 bits per heavy atom. The molecule has 0 aliphatic carbocycles. The maximum absolute atomic E-state index is 5.14. The Morgan fingerprint density at radius 3 is 1.91 bits per heavy atom. The molecule has 5 heteroatoms. The van der Waals surface area contributed by atoms with Crippen LogP contribution >= 0.6 is 24.0 Å². The van der Waals surface area contributed by atoms with Gasteiger partial charge in [0.05, 0.1) is 28.3 Å². The van der Waals surface area contributed by atoms with Gasteiger partial charge in [0.1, 0.15) is 5.82 Å². The van der Waals surface area contributed by atoms with E-state index in [2.05, 4.69) is 143 Å². The summed E-state index contributed by atoms with van der Waals surface area (Å²) in [7, 11) is 0. The van der Waals surface area contributed by atoms with E-state index in [1.807, 2.05) is 18.3 Å². The standard InChI is InChI=1S/C41H28N4.HI/c1-3-11-31-29(9-1)25-30-10-2-4-12-32(30)41(31)28-21-19-27(20-22-28)35-14-7-15-36(43-35)37-16-8-18-40(44-37)45-38-17-6-5-13-33(38)34-26-42-24-23-39(34)45;/h1-25,42H,26H2;1H. The number of benzene rings is 5. The molecule has 0 unspecified atom stereocenters. The summed E-state index contributed by atoms with van der Waals surface area (Å²) in [4.78, 5) is 10.2. The minimum Gasteiger partial charge on any atom is -0.387 e. The van der Waals surface area contributed by atoms with Crippen LogP contribution < -0.4 is 5.32 Å². The molecule has 1 N–H and O–H groups in total. The fraction of sp³-hybridized carbons (Fsp3) is 0.0244. The minimum atomic E-state index is 0. The Hall–Kier alpha value is -5.27. The van der Waals surface area contributed by atoms with Crippen LogP contribution in [0, 0.1) is 0 Å². The number of nitrogens with one attached hydrogen (secondary N) is 1. The van der Waals surface area contributed by atoms with Crippen molar-refractivity contribution in [1.29, 1.82) is 0 Å². The van der Waals surface area contributed by atoms with E-state index < -0.39 is 0 Å². The number of fused-ring (bicyclic) bond motifs is 5. The van der Waals surface area contributed by atoms with E-state index in [0.717, 1.165) is 40.5 Å². The van der Waals surface area contributed by atoms with Crippen LogP contribution in [0.25, 0.3) is 78.1 Å². The molecule has 46 heavy (non-hydrogen) atoms. The van der Waals surface area contributed by atoms with E-state index in [1.165, 1.54) is 49.3 Å². The Balaban J connectivity index is 0.00000312. The van der Waals surface area contributed by atoms with Gasteiger partial charge in [-0.2, -0.15) is 0 Å². The lowest BCUT2D eigenvalue weighted by molar-refractivity contribution is 0.852. The largest absolute Gasteiger partial charge is 0.387 e. The average molecular weight is 705 g/mol. The Bertz CT molecular complexity index is 2390. The van der Waals surface area contributed by atoms with Gasteiger partial charge in [0, 0.05) is 23.1 Å². The Morgan fingerprint density at radius 1 is 0.543 bits per heavy atom. The van der Waals surface area contributed by atoms with Gasteiger partial charge in [-0.25, -0.2) is 9.97 Å². The highest BCUT2D eigenvalue weighted by Crippen LogP contribution is 2.37. The molecule has 4 nitrogen and oxygen atoms in total. The second-order valence-corrected chi connectivity index (χ2v) is 11.5. The van der Waals surface area contributed by atoms with Crippen molar-refractivity contribution in [2.75, 3.05) is 0 Å². The maximum atomic E-state index is 5.14. The SMILES string of the molecule is C1=Cc2c(c3ccccc3n2-c2cccc(-c3cccc(-c4ccc(-c5c6ccccc6cc6ccccc56)cc4)n3)n2)CN1.I. The fourth-order valence-corrected chi connectivity index (χ4v) is 6.79. The van der Waals surface area contributed by atoms with Gasteiger partial charge in [-0.15, -0.1) is 24.0 Å². The first-order chi connectivity index (χ1) is 22.3. The molecule has 0 fully saturated rings. The molecule has 0 spiro atoms. The molecule has 4 heterocycles. The lowest BCUT2D eigenvalue weighted by Gasteiger charge is -2.13. The molecule has 0 saturated carbocycles. The highest BCUT2D eigenvalue weighted by Gasteiger charge is 2.19. The summed E-state index contributed by atoms with van der Waals surface area (Å²) in [6.07, 6.45) is 4.15. The minimum absolute atomic E-state index is 0. The third-order valence-corrected chi connectivity index (χ3v) is 8.87. The topological polar surface area (TPSA) is 42.7 Å². The van der Waals surface area contributed by atoms with Crippen molar-refractivity contribution in [2.24, 2.45) is 0 Å². The van der Waals surface area contributed by atoms with Crippen LogP contribution in [0.15, 0.2) is 146 Å². The molecular weight excluding hydrogens is 675 g/mol. The third-order valence-electron chi connectivity index (χ3n) is 8.87. The van der Waals surface area contributed by atoms with E-state index in [9.17, 15) is 0 Å². The molecular formula is C41H29IN4. The fourth-order valence-electron chi connectivity index (χ4n) is 6.79. The van der Waals surface area contributed by atoms with E-state index in [0.29, 0.717) is 0 Å². The van der Waals surface area contributed by atoms with E-state index in [1.54, 1.807) is 0 Å². The zero-order valence-electron chi connectivity index (χ0n) is 24.9. The van der Waals surface area contributed by atoms with Gasteiger partial charge in [-0.3, -0.25) is 4.57 Å². The molecule has 0 bridgehead atoms. The first-order valence-electron chi connectivity index (χ1n) is 15.3. The van der Waals surface area contributed by atoms with Crippen molar-refractivity contribution in [2.45, 2.75) is 6.54 Å². The first kappa shape index (κ1) is 28.2. The summed E-state index contributed by atoms with van der Waals surface area (Å²) in [5, 5.41) is 9.63. The molecule has 0 atom stereocenters. The monoisotopic (exact) mass is 704 g/mol. The van der Waals surface area contributed by atoms with Crippen LogP contribution in [0.2, 0.25) is 0 Å². The van der Waals surface area contributed by atoms with Gasteiger partial charge in [0.15, 0.2) is 0 Å². The Kier molecular flexibility index (Phi) is 7.11. The van der Waals surface area contributed by atoms with Crippen LogP contribution in [-0.4, -0.2) is 14.5 Å². The van der Waals surface area contributed by atoms with E-state index >= 15 is 0 Å². The Labute approximate surface area is 284 Å². The molecule has 220 valence electrons. The highest BCUT2D eigenvalue weighted by atomic mass is 127. The number of rotatable bonds is 4. The predicted molar refractivity (Wildman–Crippen MR) is 201 cm³/mol. The summed E-state index contributed by atoms with van der Waals surface area (Å²) in [6, 6.07) is 49.3. The average Bonchev–Trinajstić information content (AvgIpc) is 3.45. The molecule has 1 aliphatic rings.